The number of ether oxygens (including phenoxy) is 1. The molecule has 80 valence electrons. The second-order valence-electron chi connectivity index (χ2n) is 3.38. The lowest BCUT2D eigenvalue weighted by Gasteiger charge is -2.09. The zero-order valence-corrected chi connectivity index (χ0v) is 9.66. The molecule has 1 aliphatic heterocycles. The van der Waals surface area contributed by atoms with E-state index >= 15 is 0 Å². The Kier molecular flexibility index (Phi) is 3.33. The van der Waals surface area contributed by atoms with E-state index in [4.69, 9.17) is 4.74 Å². The summed E-state index contributed by atoms with van der Waals surface area (Å²) in [6.07, 6.45) is 2.43. The van der Waals surface area contributed by atoms with Crippen molar-refractivity contribution in [3.63, 3.8) is 0 Å². The fourth-order valence-corrected chi connectivity index (χ4v) is 1.79. The third-order valence-corrected chi connectivity index (χ3v) is 2.94. The number of pyridine rings is 1. The van der Waals surface area contributed by atoms with E-state index in [2.05, 4.69) is 26.2 Å². The predicted molar refractivity (Wildman–Crippen MR) is 59.5 cm³/mol. The maximum atomic E-state index is 11.7. The average Bonchev–Trinajstić information content (AvgIpc) is 2.74. The number of carbonyl (C=O) groups excluding carboxylic acids is 1. The largest absolute Gasteiger partial charge is 0.381 e. The van der Waals surface area contributed by atoms with Crippen LogP contribution in [0.5, 0.6) is 0 Å². The molecule has 0 bridgehead atoms. The van der Waals surface area contributed by atoms with Gasteiger partial charge in [0.05, 0.1) is 17.0 Å². The first-order valence-electron chi connectivity index (χ1n) is 4.76. The fraction of sp³-hybridized carbons (Fsp3) is 0.400. The number of hydrogen-bond donors (Lipinski definition) is 1. The van der Waals surface area contributed by atoms with E-state index in [1.54, 1.807) is 12.3 Å². The number of halogens is 1. The second-order valence-corrected chi connectivity index (χ2v) is 4.24. The molecule has 1 amide bonds. The van der Waals surface area contributed by atoms with Crippen LogP contribution in [0.1, 0.15) is 6.42 Å². The van der Waals surface area contributed by atoms with Gasteiger partial charge in [-0.1, -0.05) is 0 Å². The van der Waals surface area contributed by atoms with Gasteiger partial charge in [0.25, 0.3) is 0 Å². The molecule has 1 saturated heterocycles. The Bertz CT molecular complexity index is 364. The molecule has 2 rings (SSSR count). The Morgan fingerprint density at radius 3 is 3.20 bits per heavy atom. The van der Waals surface area contributed by atoms with Crippen molar-refractivity contribution in [3.05, 3.63) is 22.8 Å². The molecule has 0 saturated carbocycles. The highest BCUT2D eigenvalue weighted by molar-refractivity contribution is 9.10. The normalized spacial score (nSPS) is 20.2. The van der Waals surface area contributed by atoms with Crippen LogP contribution in [0.2, 0.25) is 0 Å². The molecule has 0 spiro atoms. The zero-order valence-electron chi connectivity index (χ0n) is 8.07. The number of rotatable bonds is 2. The molecule has 1 atom stereocenters. The van der Waals surface area contributed by atoms with Crippen LogP contribution in [0, 0.1) is 5.92 Å². The van der Waals surface area contributed by atoms with Crippen molar-refractivity contribution in [2.45, 2.75) is 6.42 Å². The summed E-state index contributed by atoms with van der Waals surface area (Å²) in [5, 5.41) is 2.78. The van der Waals surface area contributed by atoms with Crippen molar-refractivity contribution in [1.29, 1.82) is 0 Å². The first-order valence-corrected chi connectivity index (χ1v) is 5.56. The van der Waals surface area contributed by atoms with E-state index < -0.39 is 0 Å². The zero-order chi connectivity index (χ0) is 10.7. The summed E-state index contributed by atoms with van der Waals surface area (Å²) in [6, 6.07) is 3.65. The Morgan fingerprint density at radius 2 is 2.53 bits per heavy atom. The monoisotopic (exact) mass is 270 g/mol. The number of anilines is 1. The summed E-state index contributed by atoms with van der Waals surface area (Å²) in [4.78, 5) is 15.8. The average molecular weight is 271 g/mol. The van der Waals surface area contributed by atoms with Gasteiger partial charge < -0.3 is 10.1 Å². The number of amides is 1. The van der Waals surface area contributed by atoms with Gasteiger partial charge in [0, 0.05) is 12.8 Å². The lowest BCUT2D eigenvalue weighted by atomic mass is 10.1. The predicted octanol–water partition coefficient (Wildman–Crippen LogP) is 1.82. The van der Waals surface area contributed by atoms with Gasteiger partial charge >= 0.3 is 0 Å². The molecule has 5 heteroatoms. The Hall–Kier alpha value is -0.940. The number of nitrogens with one attached hydrogen (secondary N) is 1. The fourth-order valence-electron chi connectivity index (χ4n) is 1.44. The Balaban J connectivity index is 2.02. The molecule has 15 heavy (non-hydrogen) atoms. The van der Waals surface area contributed by atoms with Crippen molar-refractivity contribution >= 4 is 27.7 Å². The quantitative estimate of drug-likeness (QED) is 0.892. The minimum atomic E-state index is -0.0427. The third kappa shape index (κ3) is 2.54. The topological polar surface area (TPSA) is 51.2 Å². The highest BCUT2D eigenvalue weighted by atomic mass is 79.9. The van der Waals surface area contributed by atoms with Gasteiger partial charge in [-0.25, -0.2) is 4.98 Å². The van der Waals surface area contributed by atoms with E-state index in [9.17, 15) is 4.79 Å². The molecule has 0 aromatic carbocycles. The highest BCUT2D eigenvalue weighted by Crippen LogP contribution is 2.20. The summed E-state index contributed by atoms with van der Waals surface area (Å²) in [5.41, 5.74) is 0. The molecule has 0 radical (unpaired) electrons. The minimum Gasteiger partial charge on any atom is -0.381 e. The van der Waals surface area contributed by atoms with E-state index in [-0.39, 0.29) is 11.8 Å². The van der Waals surface area contributed by atoms with Crippen LogP contribution >= 0.6 is 15.9 Å². The highest BCUT2D eigenvalue weighted by Gasteiger charge is 2.24. The van der Waals surface area contributed by atoms with Crippen LogP contribution in [0.25, 0.3) is 0 Å². The van der Waals surface area contributed by atoms with Gasteiger partial charge in [-0.2, -0.15) is 0 Å². The van der Waals surface area contributed by atoms with Crippen LogP contribution < -0.4 is 5.32 Å². The van der Waals surface area contributed by atoms with Crippen molar-refractivity contribution in [2.75, 3.05) is 18.5 Å². The summed E-state index contributed by atoms with van der Waals surface area (Å²) in [6.45, 7) is 1.18. The molecule has 1 N–H and O–H groups in total. The second kappa shape index (κ2) is 4.72. The smallest absolute Gasteiger partial charge is 0.231 e. The standard InChI is InChI=1S/C10H11BrN2O2/c11-8-2-1-4-12-9(8)13-10(14)7-3-5-15-6-7/h1-2,4,7H,3,5-6H2,(H,12,13,14). The number of carbonyl (C=O) groups is 1. The number of nitrogens with zero attached hydrogens (tertiary/aromatic N) is 1. The summed E-state index contributed by atoms with van der Waals surface area (Å²) >= 11 is 3.32. The van der Waals surface area contributed by atoms with Gasteiger partial charge in [0.15, 0.2) is 0 Å². The van der Waals surface area contributed by atoms with Crippen molar-refractivity contribution in [3.8, 4) is 0 Å². The lowest BCUT2D eigenvalue weighted by molar-refractivity contribution is -0.119. The minimum absolute atomic E-state index is 0.0214. The molecule has 1 aliphatic rings. The SMILES string of the molecule is O=C(Nc1ncccc1Br)C1CCOC1. The maximum absolute atomic E-state index is 11.7. The summed E-state index contributed by atoms with van der Waals surface area (Å²) < 4.78 is 5.94. The van der Waals surface area contributed by atoms with Crippen molar-refractivity contribution in [1.82, 2.24) is 4.98 Å². The Morgan fingerprint density at radius 1 is 1.67 bits per heavy atom. The van der Waals surface area contributed by atoms with Gasteiger partial charge in [-0.05, 0) is 34.5 Å². The lowest BCUT2D eigenvalue weighted by Crippen LogP contribution is -2.23. The van der Waals surface area contributed by atoms with Crippen molar-refractivity contribution < 1.29 is 9.53 Å². The Labute approximate surface area is 96.2 Å². The molecular weight excluding hydrogens is 260 g/mol. The molecule has 4 nitrogen and oxygen atoms in total. The maximum Gasteiger partial charge on any atom is 0.231 e. The van der Waals surface area contributed by atoms with Crippen LogP contribution in [-0.2, 0) is 9.53 Å². The van der Waals surface area contributed by atoms with Crippen LogP contribution in [0.15, 0.2) is 22.8 Å². The molecular formula is C10H11BrN2O2. The van der Waals surface area contributed by atoms with Crippen LogP contribution in [0.3, 0.4) is 0 Å². The molecule has 1 aromatic heterocycles. The van der Waals surface area contributed by atoms with Crippen molar-refractivity contribution in [2.24, 2.45) is 5.92 Å². The summed E-state index contributed by atoms with van der Waals surface area (Å²) in [5.74, 6) is 0.500. The molecule has 2 heterocycles. The number of hydrogen-bond acceptors (Lipinski definition) is 3. The van der Waals surface area contributed by atoms with E-state index in [1.165, 1.54) is 0 Å². The van der Waals surface area contributed by atoms with Gasteiger partial charge in [0.2, 0.25) is 5.91 Å². The molecule has 1 fully saturated rings. The van der Waals surface area contributed by atoms with Gasteiger partial charge in [-0.3, -0.25) is 4.79 Å². The van der Waals surface area contributed by atoms with Gasteiger partial charge in [0.1, 0.15) is 5.82 Å². The molecule has 1 aromatic rings. The third-order valence-electron chi connectivity index (χ3n) is 2.30. The van der Waals surface area contributed by atoms with Crippen LogP contribution in [-0.4, -0.2) is 24.1 Å². The van der Waals surface area contributed by atoms with Crippen LogP contribution in [0.4, 0.5) is 5.82 Å². The molecule has 0 aliphatic carbocycles. The summed E-state index contributed by atoms with van der Waals surface area (Å²) in [7, 11) is 0. The first kappa shape index (κ1) is 10.6. The number of aromatic nitrogens is 1. The first-order chi connectivity index (χ1) is 7.27. The van der Waals surface area contributed by atoms with E-state index in [0.29, 0.717) is 19.0 Å². The molecule has 1 unspecified atom stereocenters. The van der Waals surface area contributed by atoms with E-state index in [1.807, 2.05) is 6.07 Å². The van der Waals surface area contributed by atoms with E-state index in [0.717, 1.165) is 10.9 Å². The van der Waals surface area contributed by atoms with Gasteiger partial charge in [-0.15, -0.1) is 0 Å².